The Morgan fingerprint density at radius 1 is 0.935 bits per heavy atom. The molecule has 1 amide bonds. The Bertz CT molecular complexity index is 1290. The van der Waals surface area contributed by atoms with Gasteiger partial charge < -0.3 is 4.57 Å². The Labute approximate surface area is 180 Å². The molecule has 0 saturated heterocycles. The summed E-state index contributed by atoms with van der Waals surface area (Å²) in [6.45, 7) is 5.42. The van der Waals surface area contributed by atoms with E-state index in [0.717, 1.165) is 43.3 Å². The maximum atomic E-state index is 13.3. The van der Waals surface area contributed by atoms with Crippen molar-refractivity contribution >= 4 is 33.7 Å². The molecule has 0 aliphatic heterocycles. The van der Waals surface area contributed by atoms with E-state index in [9.17, 15) is 9.59 Å². The number of aryl methyl sites for hydroxylation is 2. The molecule has 4 rings (SSSR count). The van der Waals surface area contributed by atoms with Gasteiger partial charge in [0, 0.05) is 18.5 Å². The number of carbonyl (C=O) groups excluding carboxylic acids is 1. The van der Waals surface area contributed by atoms with Gasteiger partial charge in [-0.05, 0) is 31.0 Å². The number of hydrogen-bond donors (Lipinski definition) is 1. The summed E-state index contributed by atoms with van der Waals surface area (Å²) in [6.07, 6.45) is 3.80. The number of hydrogen-bond acceptors (Lipinski definition) is 4. The molecule has 0 radical (unpaired) electrons. The van der Waals surface area contributed by atoms with E-state index in [1.165, 1.54) is 4.68 Å². The van der Waals surface area contributed by atoms with E-state index in [0.29, 0.717) is 23.3 Å². The lowest BCUT2D eigenvalue weighted by atomic mass is 10.1. The first-order chi connectivity index (χ1) is 15.1. The molecule has 2 aromatic heterocycles. The first-order valence-corrected chi connectivity index (χ1v) is 10.9. The SMILES string of the molecule is CCCCCn1nc(C(=O)Nc2nc3ccccc3n2CCC)c2ccccc2c1=O. The third-order valence-corrected chi connectivity index (χ3v) is 5.38. The van der Waals surface area contributed by atoms with Crippen LogP contribution in [0.5, 0.6) is 0 Å². The van der Waals surface area contributed by atoms with E-state index < -0.39 is 0 Å². The maximum Gasteiger partial charge on any atom is 0.279 e. The molecule has 2 heterocycles. The number of unbranched alkanes of at least 4 members (excludes halogenated alkanes) is 2. The molecule has 0 spiro atoms. The predicted octanol–water partition coefficient (Wildman–Crippen LogP) is 4.60. The summed E-state index contributed by atoms with van der Waals surface area (Å²) >= 11 is 0. The number of carbonyl (C=O) groups is 1. The molecular weight excluding hydrogens is 390 g/mol. The lowest BCUT2D eigenvalue weighted by molar-refractivity contribution is 0.102. The summed E-state index contributed by atoms with van der Waals surface area (Å²) in [5.41, 5.74) is 1.87. The highest BCUT2D eigenvalue weighted by atomic mass is 16.2. The second kappa shape index (κ2) is 9.12. The van der Waals surface area contributed by atoms with Gasteiger partial charge in [0.2, 0.25) is 5.95 Å². The van der Waals surface area contributed by atoms with Crippen LogP contribution in [0.25, 0.3) is 21.8 Å². The van der Waals surface area contributed by atoms with E-state index in [4.69, 9.17) is 0 Å². The Hall–Kier alpha value is -3.48. The van der Waals surface area contributed by atoms with Crippen molar-refractivity contribution in [2.45, 2.75) is 52.6 Å². The molecule has 0 bridgehead atoms. The number of para-hydroxylation sites is 2. The van der Waals surface area contributed by atoms with Crippen LogP contribution < -0.4 is 10.9 Å². The van der Waals surface area contributed by atoms with E-state index in [1.54, 1.807) is 12.1 Å². The van der Waals surface area contributed by atoms with Gasteiger partial charge in [-0.3, -0.25) is 14.9 Å². The predicted molar refractivity (Wildman–Crippen MR) is 124 cm³/mol. The van der Waals surface area contributed by atoms with Crippen molar-refractivity contribution in [3.05, 3.63) is 64.6 Å². The van der Waals surface area contributed by atoms with Crippen molar-refractivity contribution in [3.8, 4) is 0 Å². The first kappa shape index (κ1) is 20.8. The molecule has 0 unspecified atom stereocenters. The molecular formula is C24H27N5O2. The smallest absolute Gasteiger partial charge is 0.279 e. The highest BCUT2D eigenvalue weighted by molar-refractivity contribution is 6.10. The standard InChI is InChI=1S/C24H27N5O2/c1-3-5-10-16-29-23(31)18-12-7-6-11-17(18)21(27-29)22(30)26-24-25-19-13-8-9-14-20(19)28(24)15-4-2/h6-9,11-14H,3-5,10,15-16H2,1-2H3,(H,25,26,30). The van der Waals surface area contributed by atoms with Crippen molar-refractivity contribution in [1.82, 2.24) is 19.3 Å². The second-order valence-electron chi connectivity index (χ2n) is 7.66. The number of nitrogens with one attached hydrogen (secondary N) is 1. The van der Waals surface area contributed by atoms with Gasteiger partial charge in [0.15, 0.2) is 5.69 Å². The molecule has 1 N–H and O–H groups in total. The number of benzene rings is 2. The Balaban J connectivity index is 1.76. The van der Waals surface area contributed by atoms with Gasteiger partial charge >= 0.3 is 0 Å². The fourth-order valence-electron chi connectivity index (χ4n) is 3.85. The lowest BCUT2D eigenvalue weighted by Gasteiger charge is -2.12. The van der Waals surface area contributed by atoms with Gasteiger partial charge in [0.1, 0.15) is 0 Å². The van der Waals surface area contributed by atoms with Crippen LogP contribution in [0.4, 0.5) is 5.95 Å². The molecule has 7 heteroatoms. The van der Waals surface area contributed by atoms with Crippen molar-refractivity contribution in [1.29, 1.82) is 0 Å². The van der Waals surface area contributed by atoms with Crippen LogP contribution >= 0.6 is 0 Å². The summed E-state index contributed by atoms with van der Waals surface area (Å²) in [7, 11) is 0. The molecule has 0 fully saturated rings. The van der Waals surface area contributed by atoms with Crippen LogP contribution in [0.1, 0.15) is 50.0 Å². The Morgan fingerprint density at radius 3 is 2.45 bits per heavy atom. The number of imidazole rings is 1. The average Bonchev–Trinajstić information content (AvgIpc) is 3.13. The molecule has 160 valence electrons. The highest BCUT2D eigenvalue weighted by Gasteiger charge is 2.19. The van der Waals surface area contributed by atoms with E-state index in [1.807, 2.05) is 41.0 Å². The van der Waals surface area contributed by atoms with Crippen molar-refractivity contribution < 1.29 is 4.79 Å². The van der Waals surface area contributed by atoms with Crippen molar-refractivity contribution in [3.63, 3.8) is 0 Å². The normalized spacial score (nSPS) is 11.3. The minimum atomic E-state index is -0.367. The average molecular weight is 418 g/mol. The van der Waals surface area contributed by atoms with Crippen LogP contribution in [0.3, 0.4) is 0 Å². The monoisotopic (exact) mass is 417 g/mol. The van der Waals surface area contributed by atoms with Crippen LogP contribution in [0, 0.1) is 0 Å². The van der Waals surface area contributed by atoms with Crippen molar-refractivity contribution in [2.75, 3.05) is 5.32 Å². The summed E-state index contributed by atoms with van der Waals surface area (Å²) in [5, 5.41) is 8.45. The zero-order valence-corrected chi connectivity index (χ0v) is 18.0. The number of fused-ring (bicyclic) bond motifs is 2. The summed E-state index contributed by atoms with van der Waals surface area (Å²) in [5.74, 6) is 0.121. The number of amides is 1. The van der Waals surface area contributed by atoms with Crippen LogP contribution in [0.2, 0.25) is 0 Å². The van der Waals surface area contributed by atoms with Gasteiger partial charge in [-0.25, -0.2) is 9.67 Å². The second-order valence-corrected chi connectivity index (χ2v) is 7.66. The van der Waals surface area contributed by atoms with Crippen LogP contribution in [-0.4, -0.2) is 25.2 Å². The minimum absolute atomic E-state index is 0.165. The number of aromatic nitrogens is 4. The van der Waals surface area contributed by atoms with Gasteiger partial charge in [-0.15, -0.1) is 0 Å². The van der Waals surface area contributed by atoms with Gasteiger partial charge in [0.25, 0.3) is 11.5 Å². The Kier molecular flexibility index (Phi) is 6.11. The molecule has 0 atom stereocenters. The largest absolute Gasteiger partial charge is 0.310 e. The van der Waals surface area contributed by atoms with Gasteiger partial charge in [-0.2, -0.15) is 5.10 Å². The van der Waals surface area contributed by atoms with Crippen LogP contribution in [0.15, 0.2) is 53.3 Å². The van der Waals surface area contributed by atoms with E-state index in [-0.39, 0.29) is 17.2 Å². The fourth-order valence-corrected chi connectivity index (χ4v) is 3.85. The molecule has 31 heavy (non-hydrogen) atoms. The van der Waals surface area contributed by atoms with Gasteiger partial charge in [-0.1, -0.05) is 57.0 Å². The van der Waals surface area contributed by atoms with Crippen molar-refractivity contribution in [2.24, 2.45) is 0 Å². The summed E-state index contributed by atoms with van der Waals surface area (Å²) < 4.78 is 3.43. The number of rotatable bonds is 8. The maximum absolute atomic E-state index is 13.3. The third kappa shape index (κ3) is 4.08. The summed E-state index contributed by atoms with van der Waals surface area (Å²) in [6, 6.07) is 15.0. The third-order valence-electron chi connectivity index (χ3n) is 5.38. The zero-order valence-electron chi connectivity index (χ0n) is 18.0. The Morgan fingerprint density at radius 2 is 1.68 bits per heavy atom. The molecule has 7 nitrogen and oxygen atoms in total. The molecule has 0 saturated carbocycles. The van der Waals surface area contributed by atoms with E-state index in [2.05, 4.69) is 29.2 Å². The first-order valence-electron chi connectivity index (χ1n) is 10.9. The molecule has 4 aromatic rings. The zero-order chi connectivity index (χ0) is 21.8. The molecule has 0 aliphatic rings. The van der Waals surface area contributed by atoms with E-state index >= 15 is 0 Å². The summed E-state index contributed by atoms with van der Waals surface area (Å²) in [4.78, 5) is 30.8. The molecule has 2 aromatic carbocycles. The fraction of sp³-hybridized carbons (Fsp3) is 0.333. The minimum Gasteiger partial charge on any atom is -0.310 e. The highest BCUT2D eigenvalue weighted by Crippen LogP contribution is 2.21. The molecule has 0 aliphatic carbocycles. The number of nitrogens with zero attached hydrogens (tertiary/aromatic N) is 4. The topological polar surface area (TPSA) is 81.8 Å². The van der Waals surface area contributed by atoms with Gasteiger partial charge in [0.05, 0.1) is 16.4 Å². The number of anilines is 1. The lowest BCUT2D eigenvalue weighted by Crippen LogP contribution is -2.28. The quantitative estimate of drug-likeness (QED) is 0.425. The van der Waals surface area contributed by atoms with Crippen LogP contribution in [-0.2, 0) is 13.1 Å².